The molecule has 0 aromatic heterocycles. The van der Waals surface area contributed by atoms with Gasteiger partial charge in [0.2, 0.25) is 0 Å². The lowest BCUT2D eigenvalue weighted by Crippen LogP contribution is -2.23. The van der Waals surface area contributed by atoms with E-state index in [1.807, 2.05) is 20.8 Å². The van der Waals surface area contributed by atoms with Crippen LogP contribution in [0.25, 0.3) is 0 Å². The molecule has 0 aliphatic heterocycles. The molecule has 0 atom stereocenters. The summed E-state index contributed by atoms with van der Waals surface area (Å²) in [5.74, 6) is -0.336. The van der Waals surface area contributed by atoms with E-state index in [4.69, 9.17) is 10.5 Å². The zero-order chi connectivity index (χ0) is 10.5. The second kappa shape index (κ2) is 5.02. The maximum atomic E-state index is 11.3. The first-order valence-corrected chi connectivity index (χ1v) is 4.52. The fourth-order valence-corrected chi connectivity index (χ4v) is 0.728. The minimum absolute atomic E-state index is 0.189. The molecule has 0 spiro atoms. The second-order valence-corrected chi connectivity index (χ2v) is 3.64. The van der Waals surface area contributed by atoms with E-state index in [1.165, 1.54) is 0 Å². The molecule has 0 aliphatic rings. The number of hydrogen-bond donors (Lipinski definition) is 1. The van der Waals surface area contributed by atoms with Gasteiger partial charge in [0, 0.05) is 12.1 Å². The fourth-order valence-electron chi connectivity index (χ4n) is 0.728. The molecule has 0 aliphatic carbocycles. The summed E-state index contributed by atoms with van der Waals surface area (Å²) < 4.78 is 4.88. The van der Waals surface area contributed by atoms with Crippen molar-refractivity contribution in [2.75, 3.05) is 13.2 Å². The summed E-state index contributed by atoms with van der Waals surface area (Å²) in [5.41, 5.74) is 5.54. The summed E-state index contributed by atoms with van der Waals surface area (Å²) in [6.45, 7) is 10.3. The molecular weight excluding hydrogens is 166 g/mol. The van der Waals surface area contributed by atoms with Crippen LogP contribution in [0.4, 0.5) is 0 Å². The average molecular weight is 185 g/mol. The molecule has 0 fully saturated rings. The van der Waals surface area contributed by atoms with Crippen molar-refractivity contribution in [1.29, 1.82) is 0 Å². The number of nitrogens with two attached hydrogens (primary N) is 1. The van der Waals surface area contributed by atoms with E-state index >= 15 is 0 Å². The molecule has 0 unspecified atom stereocenters. The van der Waals surface area contributed by atoms with Crippen LogP contribution in [0.1, 0.15) is 27.2 Å². The molecule has 13 heavy (non-hydrogen) atoms. The Hall–Kier alpha value is -0.830. The molecule has 0 rings (SSSR count). The molecule has 0 radical (unpaired) electrons. The lowest BCUT2D eigenvalue weighted by atomic mass is 9.83. The van der Waals surface area contributed by atoms with E-state index in [0.717, 1.165) is 6.42 Å². The summed E-state index contributed by atoms with van der Waals surface area (Å²) in [6.07, 6.45) is 0.865. The average Bonchev–Trinajstić information content (AvgIpc) is 2.12. The van der Waals surface area contributed by atoms with E-state index in [0.29, 0.717) is 12.1 Å². The highest BCUT2D eigenvalue weighted by molar-refractivity contribution is 5.89. The van der Waals surface area contributed by atoms with Crippen molar-refractivity contribution in [2.45, 2.75) is 27.2 Å². The maximum absolute atomic E-state index is 11.3. The van der Waals surface area contributed by atoms with Crippen LogP contribution < -0.4 is 5.73 Å². The van der Waals surface area contributed by atoms with Gasteiger partial charge in [-0.2, -0.15) is 0 Å². The summed E-state index contributed by atoms with van der Waals surface area (Å²) in [7, 11) is 0. The summed E-state index contributed by atoms with van der Waals surface area (Å²) in [5, 5.41) is 0. The van der Waals surface area contributed by atoms with Gasteiger partial charge in [-0.05, 0) is 11.8 Å². The Bertz CT molecular complexity index is 197. The Labute approximate surface area is 79.9 Å². The molecule has 2 N–H and O–H groups in total. The van der Waals surface area contributed by atoms with Crippen LogP contribution in [-0.4, -0.2) is 19.1 Å². The van der Waals surface area contributed by atoms with Crippen LogP contribution in [-0.2, 0) is 9.53 Å². The third-order valence-electron chi connectivity index (χ3n) is 2.30. The predicted molar refractivity (Wildman–Crippen MR) is 53.2 cm³/mol. The van der Waals surface area contributed by atoms with Gasteiger partial charge in [-0.25, -0.2) is 4.79 Å². The Balaban J connectivity index is 4.18. The van der Waals surface area contributed by atoms with Crippen molar-refractivity contribution in [2.24, 2.45) is 11.1 Å². The van der Waals surface area contributed by atoms with E-state index in [2.05, 4.69) is 6.58 Å². The zero-order valence-corrected chi connectivity index (χ0v) is 8.72. The second-order valence-electron chi connectivity index (χ2n) is 3.64. The van der Waals surface area contributed by atoms with Gasteiger partial charge < -0.3 is 10.5 Å². The molecule has 0 saturated heterocycles. The molecule has 0 heterocycles. The largest absolute Gasteiger partial charge is 0.461 e. The topological polar surface area (TPSA) is 52.3 Å². The van der Waals surface area contributed by atoms with E-state index < -0.39 is 0 Å². The summed E-state index contributed by atoms with van der Waals surface area (Å²) in [6, 6.07) is 0. The van der Waals surface area contributed by atoms with Gasteiger partial charge in [0.25, 0.3) is 0 Å². The Morgan fingerprint density at radius 1 is 1.54 bits per heavy atom. The Kier molecular flexibility index (Phi) is 4.70. The van der Waals surface area contributed by atoms with Crippen LogP contribution in [0.2, 0.25) is 0 Å². The van der Waals surface area contributed by atoms with Crippen molar-refractivity contribution in [1.82, 2.24) is 0 Å². The van der Waals surface area contributed by atoms with Crippen LogP contribution in [0.15, 0.2) is 12.2 Å². The Morgan fingerprint density at radius 3 is 2.46 bits per heavy atom. The summed E-state index contributed by atoms with van der Waals surface area (Å²) >= 11 is 0. The summed E-state index contributed by atoms with van der Waals surface area (Å²) in [4.78, 5) is 11.3. The first-order valence-electron chi connectivity index (χ1n) is 4.52. The molecule has 0 aromatic carbocycles. The molecule has 0 aromatic rings. The monoisotopic (exact) mass is 185 g/mol. The van der Waals surface area contributed by atoms with Gasteiger partial charge in [-0.15, -0.1) is 0 Å². The van der Waals surface area contributed by atoms with Crippen LogP contribution >= 0.6 is 0 Å². The number of rotatable bonds is 5. The van der Waals surface area contributed by atoms with E-state index in [9.17, 15) is 4.79 Å². The molecule has 3 nitrogen and oxygen atoms in total. The normalized spacial score (nSPS) is 11.1. The predicted octanol–water partition coefficient (Wildman–Crippen LogP) is 1.48. The highest BCUT2D eigenvalue weighted by Gasteiger charge is 2.25. The highest BCUT2D eigenvalue weighted by Crippen LogP contribution is 2.29. The van der Waals surface area contributed by atoms with Gasteiger partial charge in [0.1, 0.15) is 6.61 Å². The van der Waals surface area contributed by atoms with Crippen molar-refractivity contribution in [3.63, 3.8) is 0 Å². The smallest absolute Gasteiger partial charge is 0.333 e. The van der Waals surface area contributed by atoms with E-state index in [-0.39, 0.29) is 18.0 Å². The van der Waals surface area contributed by atoms with Crippen molar-refractivity contribution in [3.8, 4) is 0 Å². The van der Waals surface area contributed by atoms with E-state index in [1.54, 1.807) is 0 Å². The number of esters is 1. The Morgan fingerprint density at radius 2 is 2.08 bits per heavy atom. The van der Waals surface area contributed by atoms with Crippen molar-refractivity contribution < 1.29 is 9.53 Å². The number of carbonyl (C=O) groups is 1. The first-order chi connectivity index (χ1) is 5.95. The SMILES string of the molecule is C=C(C(=O)OCCN)C(C)(C)CC. The zero-order valence-electron chi connectivity index (χ0n) is 8.72. The minimum atomic E-state index is -0.336. The third-order valence-corrected chi connectivity index (χ3v) is 2.30. The van der Waals surface area contributed by atoms with Crippen LogP contribution in [0.3, 0.4) is 0 Å². The lowest BCUT2D eigenvalue weighted by Gasteiger charge is -2.23. The van der Waals surface area contributed by atoms with Crippen molar-refractivity contribution in [3.05, 3.63) is 12.2 Å². The number of carbonyl (C=O) groups excluding carboxylic acids is 1. The fraction of sp³-hybridized carbons (Fsp3) is 0.700. The lowest BCUT2D eigenvalue weighted by molar-refractivity contribution is -0.139. The van der Waals surface area contributed by atoms with Crippen molar-refractivity contribution >= 4 is 5.97 Å². The van der Waals surface area contributed by atoms with Gasteiger partial charge >= 0.3 is 5.97 Å². The minimum Gasteiger partial charge on any atom is -0.461 e. The molecular formula is C10H19NO2. The van der Waals surface area contributed by atoms with Gasteiger partial charge in [0.15, 0.2) is 0 Å². The quantitative estimate of drug-likeness (QED) is 0.521. The van der Waals surface area contributed by atoms with Crippen LogP contribution in [0.5, 0.6) is 0 Å². The molecule has 76 valence electrons. The molecule has 0 saturated carbocycles. The third kappa shape index (κ3) is 3.59. The van der Waals surface area contributed by atoms with Crippen LogP contribution in [0, 0.1) is 5.41 Å². The van der Waals surface area contributed by atoms with Gasteiger partial charge in [-0.3, -0.25) is 0 Å². The molecule has 3 heteroatoms. The maximum Gasteiger partial charge on any atom is 0.333 e. The molecule has 0 bridgehead atoms. The highest BCUT2D eigenvalue weighted by atomic mass is 16.5. The van der Waals surface area contributed by atoms with Gasteiger partial charge in [-0.1, -0.05) is 27.4 Å². The van der Waals surface area contributed by atoms with Gasteiger partial charge in [0.05, 0.1) is 0 Å². The first kappa shape index (κ1) is 12.2. The standard InChI is InChI=1S/C10H19NO2/c1-5-10(3,4)8(2)9(12)13-7-6-11/h2,5-7,11H2,1,3-4H3. The number of ether oxygens (including phenoxy) is 1. The molecule has 0 amide bonds. The number of hydrogen-bond acceptors (Lipinski definition) is 3.